The van der Waals surface area contributed by atoms with Crippen LogP contribution in [0, 0.1) is 0 Å². The van der Waals surface area contributed by atoms with Crippen molar-refractivity contribution >= 4 is 34.5 Å². The molecule has 0 saturated heterocycles. The zero-order valence-corrected chi connectivity index (χ0v) is 7.58. The molecule has 0 aromatic carbocycles. The molecule has 3 nitrogen and oxygen atoms in total. The van der Waals surface area contributed by atoms with Crippen molar-refractivity contribution in [1.82, 2.24) is 14.3 Å². The van der Waals surface area contributed by atoms with Gasteiger partial charge in [-0.05, 0) is 23.1 Å². The summed E-state index contributed by atoms with van der Waals surface area (Å²) in [6.45, 7) is 0. The second-order valence-corrected chi connectivity index (χ2v) is 3.71. The highest BCUT2D eigenvalue weighted by atomic mass is 35.5. The minimum absolute atomic E-state index is 0.304. The Morgan fingerprint density at radius 2 is 2.36 bits per heavy atom. The van der Waals surface area contributed by atoms with Crippen molar-refractivity contribution in [2.75, 3.05) is 0 Å². The van der Waals surface area contributed by atoms with E-state index in [1.165, 1.54) is 22.9 Å². The smallest absolute Gasteiger partial charge is 0.234 e. The molecule has 0 aliphatic heterocycles. The molecule has 0 aliphatic rings. The Hall–Kier alpha value is -0.520. The lowest BCUT2D eigenvalue weighted by Crippen LogP contribution is -1.67. The van der Waals surface area contributed by atoms with Gasteiger partial charge in [0.25, 0.3) is 0 Å². The van der Waals surface area contributed by atoms with Gasteiger partial charge in [0.15, 0.2) is 5.01 Å². The number of hydrogen-bond acceptors (Lipinski definition) is 5. The summed E-state index contributed by atoms with van der Waals surface area (Å²) in [5, 5.41) is 1.14. The molecule has 56 valence electrons. The van der Waals surface area contributed by atoms with Crippen molar-refractivity contribution in [2.24, 2.45) is 0 Å². The number of aromatic nitrogens is 3. The first-order valence-electron chi connectivity index (χ1n) is 2.74. The van der Waals surface area contributed by atoms with Crippen molar-refractivity contribution < 1.29 is 0 Å². The predicted molar refractivity (Wildman–Crippen MR) is 46.0 cm³/mol. The molecule has 0 N–H and O–H groups in total. The third kappa shape index (κ3) is 1.40. The van der Waals surface area contributed by atoms with E-state index in [9.17, 15) is 0 Å². The molecule has 11 heavy (non-hydrogen) atoms. The van der Waals surface area contributed by atoms with Gasteiger partial charge in [0.1, 0.15) is 0 Å². The maximum absolute atomic E-state index is 5.55. The fourth-order valence-electron chi connectivity index (χ4n) is 0.627. The Bertz CT molecular complexity index is 342. The summed E-state index contributed by atoms with van der Waals surface area (Å²) in [5.41, 5.74) is 1.75. The maximum Gasteiger partial charge on any atom is 0.234 e. The summed E-state index contributed by atoms with van der Waals surface area (Å²) < 4.78 is 3.85. The molecular formula is C5H2ClN3S2. The number of thiazole rings is 1. The van der Waals surface area contributed by atoms with Gasteiger partial charge in [0.05, 0.1) is 10.4 Å². The van der Waals surface area contributed by atoms with Crippen LogP contribution in [-0.2, 0) is 0 Å². The van der Waals surface area contributed by atoms with Gasteiger partial charge < -0.3 is 0 Å². The average molecular weight is 204 g/mol. The van der Waals surface area contributed by atoms with Gasteiger partial charge in [-0.2, -0.15) is 4.37 Å². The van der Waals surface area contributed by atoms with Gasteiger partial charge in [-0.15, -0.1) is 11.3 Å². The molecule has 2 rings (SSSR count). The van der Waals surface area contributed by atoms with Crippen molar-refractivity contribution in [1.29, 1.82) is 0 Å². The summed E-state index contributed by atoms with van der Waals surface area (Å²) >= 11 is 8.36. The molecule has 0 fully saturated rings. The summed E-state index contributed by atoms with van der Waals surface area (Å²) in [6, 6.07) is 0. The Kier molecular flexibility index (Phi) is 1.85. The van der Waals surface area contributed by atoms with E-state index in [0.29, 0.717) is 5.28 Å². The average Bonchev–Trinajstić information content (AvgIpc) is 2.55. The molecule has 2 aromatic rings. The Balaban J connectivity index is 2.45. The standard InChI is InChI=1S/C5H2ClN3S2/c6-5-8-4(11-9-5)3-1-7-2-10-3/h1-2H. The normalized spacial score (nSPS) is 10.3. The fraction of sp³-hybridized carbons (Fsp3) is 0. The largest absolute Gasteiger partial charge is 0.252 e. The van der Waals surface area contributed by atoms with E-state index in [-0.39, 0.29) is 0 Å². The minimum Gasteiger partial charge on any atom is -0.252 e. The summed E-state index contributed by atoms with van der Waals surface area (Å²) in [4.78, 5) is 8.93. The van der Waals surface area contributed by atoms with E-state index in [2.05, 4.69) is 14.3 Å². The fourth-order valence-corrected chi connectivity index (χ4v) is 2.10. The van der Waals surface area contributed by atoms with Crippen LogP contribution in [0.1, 0.15) is 0 Å². The summed E-state index contributed by atoms with van der Waals surface area (Å²) in [7, 11) is 0. The van der Waals surface area contributed by atoms with E-state index in [1.807, 2.05) is 0 Å². The zero-order chi connectivity index (χ0) is 7.68. The Labute approximate surface area is 75.9 Å². The first kappa shape index (κ1) is 7.15. The molecule has 0 radical (unpaired) electrons. The molecule has 0 aliphatic carbocycles. The number of halogens is 1. The van der Waals surface area contributed by atoms with Gasteiger partial charge >= 0.3 is 0 Å². The van der Waals surface area contributed by atoms with Gasteiger partial charge in [0.2, 0.25) is 5.28 Å². The lowest BCUT2D eigenvalue weighted by Gasteiger charge is -1.80. The van der Waals surface area contributed by atoms with E-state index < -0.39 is 0 Å². The highest BCUT2D eigenvalue weighted by Gasteiger charge is 2.04. The molecule has 0 unspecified atom stereocenters. The Morgan fingerprint density at radius 3 is 2.91 bits per heavy atom. The monoisotopic (exact) mass is 203 g/mol. The molecule has 0 saturated carbocycles. The van der Waals surface area contributed by atoms with Crippen molar-refractivity contribution in [3.05, 3.63) is 17.0 Å². The van der Waals surface area contributed by atoms with E-state index in [1.54, 1.807) is 11.7 Å². The second-order valence-electron chi connectivity index (χ2n) is 1.73. The first-order chi connectivity index (χ1) is 5.36. The predicted octanol–water partition coefficient (Wildman–Crippen LogP) is 2.32. The maximum atomic E-state index is 5.55. The topological polar surface area (TPSA) is 38.7 Å². The van der Waals surface area contributed by atoms with Crippen LogP contribution >= 0.6 is 34.5 Å². The van der Waals surface area contributed by atoms with Crippen LogP contribution in [0.5, 0.6) is 0 Å². The van der Waals surface area contributed by atoms with Crippen molar-refractivity contribution in [3.63, 3.8) is 0 Å². The lowest BCUT2D eigenvalue weighted by atomic mass is 10.6. The number of hydrogen-bond donors (Lipinski definition) is 0. The van der Waals surface area contributed by atoms with Crippen LogP contribution < -0.4 is 0 Å². The third-order valence-electron chi connectivity index (χ3n) is 1.04. The highest BCUT2D eigenvalue weighted by molar-refractivity contribution is 7.18. The summed E-state index contributed by atoms with van der Waals surface area (Å²) in [6.07, 6.45) is 1.75. The van der Waals surface area contributed by atoms with Crippen LogP contribution in [0.25, 0.3) is 9.88 Å². The van der Waals surface area contributed by atoms with Crippen LogP contribution in [0.2, 0.25) is 5.28 Å². The highest BCUT2D eigenvalue weighted by Crippen LogP contribution is 2.25. The van der Waals surface area contributed by atoms with Crippen LogP contribution in [-0.4, -0.2) is 14.3 Å². The number of rotatable bonds is 1. The molecule has 6 heteroatoms. The summed E-state index contributed by atoms with van der Waals surface area (Å²) in [5.74, 6) is 0. The minimum atomic E-state index is 0.304. The molecule has 0 amide bonds. The van der Waals surface area contributed by atoms with E-state index >= 15 is 0 Å². The molecule has 0 spiro atoms. The zero-order valence-electron chi connectivity index (χ0n) is 5.19. The second kappa shape index (κ2) is 2.84. The SMILES string of the molecule is Clc1nsc(-c2cncs2)n1. The molecule has 2 aromatic heterocycles. The van der Waals surface area contributed by atoms with Gasteiger partial charge in [-0.25, -0.2) is 4.98 Å². The molecule has 0 atom stereocenters. The molecule has 0 bridgehead atoms. The van der Waals surface area contributed by atoms with Crippen LogP contribution in [0.3, 0.4) is 0 Å². The molecule has 2 heterocycles. The third-order valence-corrected chi connectivity index (χ3v) is 2.97. The van der Waals surface area contributed by atoms with Gasteiger partial charge in [-0.3, -0.25) is 4.98 Å². The van der Waals surface area contributed by atoms with Gasteiger partial charge in [0, 0.05) is 6.20 Å². The van der Waals surface area contributed by atoms with Crippen molar-refractivity contribution in [3.8, 4) is 9.88 Å². The van der Waals surface area contributed by atoms with E-state index in [0.717, 1.165) is 9.88 Å². The van der Waals surface area contributed by atoms with Gasteiger partial charge in [-0.1, -0.05) is 0 Å². The first-order valence-corrected chi connectivity index (χ1v) is 4.77. The lowest BCUT2D eigenvalue weighted by molar-refractivity contribution is 1.33. The van der Waals surface area contributed by atoms with E-state index in [4.69, 9.17) is 11.6 Å². The quantitative estimate of drug-likeness (QED) is 0.714. The van der Waals surface area contributed by atoms with Crippen molar-refractivity contribution in [2.45, 2.75) is 0 Å². The van der Waals surface area contributed by atoms with Crippen LogP contribution in [0.4, 0.5) is 0 Å². The Morgan fingerprint density at radius 1 is 1.45 bits per heavy atom. The number of nitrogens with zero attached hydrogens (tertiary/aromatic N) is 3. The molecular weight excluding hydrogens is 202 g/mol. The van der Waals surface area contributed by atoms with Crippen LogP contribution in [0.15, 0.2) is 11.7 Å².